The zero-order valence-corrected chi connectivity index (χ0v) is 6.15. The molecule has 1 saturated carbocycles. The fourth-order valence-corrected chi connectivity index (χ4v) is 1.64. The zero-order valence-electron chi connectivity index (χ0n) is 5.33. The van der Waals surface area contributed by atoms with E-state index in [1.807, 2.05) is 0 Å². The first-order valence-corrected chi connectivity index (χ1v) is 4.26. The van der Waals surface area contributed by atoms with E-state index in [1.165, 1.54) is 0 Å². The summed E-state index contributed by atoms with van der Waals surface area (Å²) in [7, 11) is 0. The van der Waals surface area contributed by atoms with E-state index >= 15 is 0 Å². The van der Waals surface area contributed by atoms with E-state index in [9.17, 15) is 4.55 Å². The first kappa shape index (κ1) is 7.34. The third-order valence-corrected chi connectivity index (χ3v) is 2.76. The maximum absolute atomic E-state index is 10.9. The molecule has 0 amide bonds. The minimum atomic E-state index is -0.991. The molecule has 2 atom stereocenters. The summed E-state index contributed by atoms with van der Waals surface area (Å²) in [6.07, 6.45) is 1.42. The normalized spacial score (nSPS) is 25.7. The van der Waals surface area contributed by atoms with Gasteiger partial charge in [0.15, 0.2) is 0 Å². The van der Waals surface area contributed by atoms with Crippen LogP contribution in [-0.2, 0) is 11.4 Å². The Kier molecular flexibility index (Phi) is 2.35. The second-order valence-electron chi connectivity index (χ2n) is 2.29. The molecule has 1 aliphatic rings. The molecule has 0 bridgehead atoms. The molecule has 4 heteroatoms. The SMILES string of the molecule is CC(O)N[S@+]([O-])C1CC1. The van der Waals surface area contributed by atoms with E-state index in [4.69, 9.17) is 5.11 Å². The van der Waals surface area contributed by atoms with Gasteiger partial charge in [-0.15, -0.1) is 4.72 Å². The van der Waals surface area contributed by atoms with Crippen LogP contribution in [0.5, 0.6) is 0 Å². The molecular formula is C5H11NO2S. The molecule has 54 valence electrons. The van der Waals surface area contributed by atoms with Crippen molar-refractivity contribution in [2.24, 2.45) is 0 Å². The molecular weight excluding hydrogens is 138 g/mol. The highest BCUT2D eigenvalue weighted by atomic mass is 32.2. The number of rotatable bonds is 3. The topological polar surface area (TPSA) is 55.3 Å². The summed E-state index contributed by atoms with van der Waals surface area (Å²) < 4.78 is 13.4. The van der Waals surface area contributed by atoms with Crippen molar-refractivity contribution < 1.29 is 9.66 Å². The van der Waals surface area contributed by atoms with E-state index < -0.39 is 17.6 Å². The molecule has 0 saturated heterocycles. The van der Waals surface area contributed by atoms with Crippen molar-refractivity contribution in [3.05, 3.63) is 0 Å². The lowest BCUT2D eigenvalue weighted by molar-refractivity contribution is 0.183. The van der Waals surface area contributed by atoms with E-state index in [-0.39, 0.29) is 0 Å². The Morgan fingerprint density at radius 1 is 1.78 bits per heavy atom. The summed E-state index contributed by atoms with van der Waals surface area (Å²) in [5.41, 5.74) is 0. The number of hydrogen-bond donors (Lipinski definition) is 2. The van der Waals surface area contributed by atoms with Crippen LogP contribution in [0.3, 0.4) is 0 Å². The average Bonchev–Trinajstić information content (AvgIpc) is 2.40. The van der Waals surface area contributed by atoms with E-state index in [1.54, 1.807) is 6.92 Å². The van der Waals surface area contributed by atoms with Crippen LogP contribution in [0.1, 0.15) is 19.8 Å². The van der Waals surface area contributed by atoms with E-state index in [2.05, 4.69) is 4.72 Å². The Labute approximate surface area is 57.8 Å². The van der Waals surface area contributed by atoms with Gasteiger partial charge >= 0.3 is 0 Å². The molecule has 0 aromatic rings. The highest BCUT2D eigenvalue weighted by Crippen LogP contribution is 2.27. The lowest BCUT2D eigenvalue weighted by atomic mass is 10.7. The molecule has 0 radical (unpaired) electrons. The summed E-state index contributed by atoms with van der Waals surface area (Å²) >= 11 is -0.991. The van der Waals surface area contributed by atoms with E-state index in [0.29, 0.717) is 5.25 Å². The van der Waals surface area contributed by atoms with Crippen LogP contribution in [0.25, 0.3) is 0 Å². The first-order chi connectivity index (χ1) is 4.20. The van der Waals surface area contributed by atoms with Crippen molar-refractivity contribution in [2.45, 2.75) is 31.2 Å². The molecule has 9 heavy (non-hydrogen) atoms. The molecule has 2 N–H and O–H groups in total. The van der Waals surface area contributed by atoms with E-state index in [0.717, 1.165) is 12.8 Å². The maximum atomic E-state index is 10.9. The highest BCUT2D eigenvalue weighted by Gasteiger charge is 2.35. The van der Waals surface area contributed by atoms with Crippen LogP contribution >= 0.6 is 0 Å². The van der Waals surface area contributed by atoms with Crippen LogP contribution in [0.4, 0.5) is 0 Å². The van der Waals surface area contributed by atoms with Gasteiger partial charge in [-0.3, -0.25) is 0 Å². The third-order valence-electron chi connectivity index (χ3n) is 1.11. The maximum Gasteiger partial charge on any atom is 0.144 e. The van der Waals surface area contributed by atoms with Gasteiger partial charge in [0, 0.05) is 24.2 Å². The Morgan fingerprint density at radius 3 is 2.67 bits per heavy atom. The lowest BCUT2D eigenvalue weighted by Crippen LogP contribution is -2.34. The third kappa shape index (κ3) is 2.53. The van der Waals surface area contributed by atoms with Gasteiger partial charge in [0.2, 0.25) is 0 Å². The Morgan fingerprint density at radius 2 is 2.33 bits per heavy atom. The molecule has 1 fully saturated rings. The van der Waals surface area contributed by atoms with Gasteiger partial charge in [0.25, 0.3) is 0 Å². The van der Waals surface area contributed by atoms with Gasteiger partial charge in [-0.2, -0.15) is 0 Å². The molecule has 1 rings (SSSR count). The minimum Gasteiger partial charge on any atom is -0.598 e. The fraction of sp³-hybridized carbons (Fsp3) is 1.00. The second kappa shape index (κ2) is 2.88. The highest BCUT2D eigenvalue weighted by molar-refractivity contribution is 7.90. The van der Waals surface area contributed by atoms with Gasteiger partial charge in [0.05, 0.1) is 0 Å². The van der Waals surface area contributed by atoms with Crippen LogP contribution < -0.4 is 4.72 Å². The first-order valence-electron chi connectivity index (χ1n) is 3.05. The van der Waals surface area contributed by atoms with Crippen molar-refractivity contribution in [1.82, 2.24) is 4.72 Å². The average molecular weight is 149 g/mol. The van der Waals surface area contributed by atoms with Crippen molar-refractivity contribution in [3.8, 4) is 0 Å². The summed E-state index contributed by atoms with van der Waals surface area (Å²) in [5.74, 6) is 0. The zero-order chi connectivity index (χ0) is 6.85. The quantitative estimate of drug-likeness (QED) is 0.429. The van der Waals surface area contributed by atoms with Gasteiger partial charge in [-0.1, -0.05) is 0 Å². The molecule has 0 aromatic carbocycles. The molecule has 0 spiro atoms. The minimum absolute atomic E-state index is 0.305. The predicted molar refractivity (Wildman–Crippen MR) is 36.0 cm³/mol. The van der Waals surface area contributed by atoms with Gasteiger partial charge < -0.3 is 9.66 Å². The standard InChI is InChI=1S/C5H11NO2S/c1-4(7)6-9(8)5-2-3-5/h4-7H,2-3H2,1H3/t4?,9-/m1/s1. The molecule has 3 nitrogen and oxygen atoms in total. The van der Waals surface area contributed by atoms with Crippen LogP contribution in [0.15, 0.2) is 0 Å². The lowest BCUT2D eigenvalue weighted by Gasteiger charge is -2.11. The number of aliphatic hydroxyl groups excluding tert-OH is 1. The van der Waals surface area contributed by atoms with Crippen molar-refractivity contribution >= 4 is 11.4 Å². The van der Waals surface area contributed by atoms with Crippen LogP contribution in [0.2, 0.25) is 0 Å². The van der Waals surface area contributed by atoms with Gasteiger partial charge in [-0.05, 0) is 6.92 Å². The smallest absolute Gasteiger partial charge is 0.144 e. The number of hydrogen-bond acceptors (Lipinski definition) is 3. The van der Waals surface area contributed by atoms with Gasteiger partial charge in [-0.25, -0.2) is 0 Å². The van der Waals surface area contributed by atoms with Crippen molar-refractivity contribution in [3.63, 3.8) is 0 Å². The van der Waals surface area contributed by atoms with Gasteiger partial charge in [0.1, 0.15) is 11.5 Å². The second-order valence-corrected chi connectivity index (χ2v) is 3.79. The molecule has 0 heterocycles. The predicted octanol–water partition coefficient (Wildman–Crippen LogP) is -0.260. The molecule has 1 unspecified atom stereocenters. The Bertz CT molecular complexity index is 95.0. The summed E-state index contributed by atoms with van der Waals surface area (Å²) in [6, 6.07) is 0. The number of aliphatic hydroxyl groups is 1. The Balaban J connectivity index is 2.10. The molecule has 0 aliphatic heterocycles. The van der Waals surface area contributed by atoms with Crippen LogP contribution in [-0.4, -0.2) is 21.1 Å². The summed E-state index contributed by atoms with van der Waals surface area (Å²) in [4.78, 5) is 0. The summed E-state index contributed by atoms with van der Waals surface area (Å²) in [6.45, 7) is 1.57. The van der Waals surface area contributed by atoms with Crippen molar-refractivity contribution in [1.29, 1.82) is 0 Å². The Hall–Kier alpha value is 0.230. The molecule has 0 aromatic heterocycles. The molecule has 1 aliphatic carbocycles. The fourth-order valence-electron chi connectivity index (χ4n) is 0.546. The van der Waals surface area contributed by atoms with Crippen LogP contribution in [0, 0.1) is 0 Å². The van der Waals surface area contributed by atoms with Crippen molar-refractivity contribution in [2.75, 3.05) is 0 Å². The number of nitrogens with one attached hydrogen (secondary N) is 1. The summed E-state index contributed by atoms with van der Waals surface area (Å²) in [5, 5.41) is 9.00. The largest absolute Gasteiger partial charge is 0.598 e. The monoisotopic (exact) mass is 149 g/mol.